The number of nitrogens with one attached hydrogen (secondary N) is 1. The van der Waals surface area contributed by atoms with Gasteiger partial charge in [0, 0.05) is 63.9 Å². The molecule has 4 aromatic rings. The fourth-order valence-electron chi connectivity index (χ4n) is 5.88. The van der Waals surface area contributed by atoms with Crippen LogP contribution in [0.25, 0.3) is 11.0 Å². The number of carbonyl (C=O) groups excluding carboxylic acids is 1. The van der Waals surface area contributed by atoms with Gasteiger partial charge in [-0.25, -0.2) is 14.2 Å². The van der Waals surface area contributed by atoms with Crippen molar-refractivity contribution in [1.82, 2.24) is 19.4 Å². The smallest absolute Gasteiger partial charge is 0.414 e. The lowest BCUT2D eigenvalue weighted by atomic mass is 10.1. The Labute approximate surface area is 261 Å². The Morgan fingerprint density at radius 3 is 2.36 bits per heavy atom. The maximum absolute atomic E-state index is 16.3. The molecule has 1 saturated heterocycles. The Kier molecular flexibility index (Phi) is 7.86. The van der Waals surface area contributed by atoms with Gasteiger partial charge in [0.25, 0.3) is 5.56 Å². The minimum absolute atomic E-state index is 0.117. The van der Waals surface area contributed by atoms with Crippen molar-refractivity contribution in [3.05, 3.63) is 70.4 Å². The number of rotatable bonds is 4. The number of anilines is 6. The molecule has 2 aromatic heterocycles. The minimum Gasteiger partial charge on any atom is -0.443 e. The molecule has 2 aliphatic rings. The third kappa shape index (κ3) is 5.89. The number of hydrogen-bond donors (Lipinski definition) is 1. The Bertz CT molecular complexity index is 1810. The van der Waals surface area contributed by atoms with Gasteiger partial charge in [0.05, 0.1) is 16.8 Å². The van der Waals surface area contributed by atoms with Crippen molar-refractivity contribution in [2.24, 2.45) is 7.05 Å². The van der Waals surface area contributed by atoms with Gasteiger partial charge in [-0.1, -0.05) is 12.1 Å². The van der Waals surface area contributed by atoms with Gasteiger partial charge in [-0.05, 0) is 70.6 Å². The van der Waals surface area contributed by atoms with Crippen LogP contribution < -0.4 is 25.6 Å². The summed E-state index contributed by atoms with van der Waals surface area (Å²) in [6, 6.07) is 13.5. The molecule has 0 spiro atoms. The molecule has 1 fully saturated rings. The number of nitrogens with zero attached hydrogens (tertiary/aromatic N) is 7. The normalized spacial score (nSPS) is 15.8. The van der Waals surface area contributed by atoms with Gasteiger partial charge < -0.3 is 24.8 Å². The largest absolute Gasteiger partial charge is 0.443 e. The predicted octanol–water partition coefficient (Wildman–Crippen LogP) is 5.16. The molecule has 6 rings (SSSR count). The third-order valence-electron chi connectivity index (χ3n) is 8.24. The van der Waals surface area contributed by atoms with Crippen molar-refractivity contribution < 1.29 is 13.9 Å². The summed E-state index contributed by atoms with van der Waals surface area (Å²) < 4.78 is 23.3. The van der Waals surface area contributed by atoms with Gasteiger partial charge in [0.15, 0.2) is 11.5 Å². The van der Waals surface area contributed by atoms with Crippen LogP contribution in [0.2, 0.25) is 0 Å². The van der Waals surface area contributed by atoms with Crippen molar-refractivity contribution in [1.29, 1.82) is 0 Å². The molecular weight excluding hydrogens is 575 g/mol. The number of piperazine rings is 1. The monoisotopic (exact) mass is 614 g/mol. The fraction of sp³-hybridized carbons (Fsp3) is 0.394. The number of amides is 1. The first-order valence-corrected chi connectivity index (χ1v) is 15.1. The van der Waals surface area contributed by atoms with E-state index in [1.165, 1.54) is 10.8 Å². The maximum Gasteiger partial charge on any atom is 0.414 e. The summed E-state index contributed by atoms with van der Waals surface area (Å²) in [4.78, 5) is 43.6. The molecule has 0 bridgehead atoms. The summed E-state index contributed by atoms with van der Waals surface area (Å²) in [6.45, 7) is 11.7. The number of ether oxygens (including phenoxy) is 1. The highest BCUT2D eigenvalue weighted by molar-refractivity contribution is 5.97. The second-order valence-electron chi connectivity index (χ2n) is 12.6. The van der Waals surface area contributed by atoms with Crippen LogP contribution in [0.4, 0.5) is 43.6 Å². The summed E-state index contributed by atoms with van der Waals surface area (Å²) >= 11 is 0. The van der Waals surface area contributed by atoms with Gasteiger partial charge in [0.2, 0.25) is 5.95 Å². The first-order valence-electron chi connectivity index (χ1n) is 15.1. The molecule has 1 N–H and O–H groups in total. The zero-order valence-corrected chi connectivity index (χ0v) is 26.6. The summed E-state index contributed by atoms with van der Waals surface area (Å²) in [6.07, 6.45) is 0.905. The SMILES string of the molecule is Cc1cccc2c1N(C(=O)OC(C)(C)C)CCN2c1c(F)c2cnc(Nc3ccc(N4CCN(C)CC4)cc3)nc2n(C)c1=O. The van der Waals surface area contributed by atoms with Crippen LogP contribution in [0, 0.1) is 12.7 Å². The number of fused-ring (bicyclic) bond motifs is 2. The van der Waals surface area contributed by atoms with Gasteiger partial charge in [0.1, 0.15) is 11.3 Å². The number of carbonyl (C=O) groups is 1. The van der Waals surface area contributed by atoms with E-state index in [4.69, 9.17) is 4.74 Å². The van der Waals surface area contributed by atoms with Crippen LogP contribution in [-0.2, 0) is 11.8 Å². The van der Waals surface area contributed by atoms with Crippen molar-refractivity contribution in [3.8, 4) is 0 Å². The van der Waals surface area contributed by atoms with E-state index in [9.17, 15) is 9.59 Å². The third-order valence-corrected chi connectivity index (χ3v) is 8.24. The van der Waals surface area contributed by atoms with Crippen LogP contribution in [0.1, 0.15) is 26.3 Å². The Balaban J connectivity index is 1.30. The van der Waals surface area contributed by atoms with E-state index in [-0.39, 0.29) is 35.8 Å². The lowest BCUT2D eigenvalue weighted by molar-refractivity contribution is 0.0580. The molecule has 12 heteroatoms. The molecule has 0 atom stereocenters. The minimum atomic E-state index is -0.714. The van der Waals surface area contributed by atoms with Crippen molar-refractivity contribution in [3.63, 3.8) is 0 Å². The van der Waals surface area contributed by atoms with E-state index in [2.05, 4.69) is 44.3 Å². The highest BCUT2D eigenvalue weighted by Crippen LogP contribution is 2.41. The van der Waals surface area contributed by atoms with Crippen LogP contribution in [0.3, 0.4) is 0 Å². The number of para-hydroxylation sites is 1. The second-order valence-corrected chi connectivity index (χ2v) is 12.6. The lowest BCUT2D eigenvalue weighted by Gasteiger charge is -2.39. The van der Waals surface area contributed by atoms with Crippen molar-refractivity contribution in [2.75, 3.05) is 66.3 Å². The van der Waals surface area contributed by atoms with E-state index in [0.29, 0.717) is 11.4 Å². The molecule has 11 nitrogen and oxygen atoms in total. The second kappa shape index (κ2) is 11.7. The van der Waals surface area contributed by atoms with Crippen LogP contribution in [0.15, 0.2) is 53.5 Å². The molecule has 2 aromatic carbocycles. The Hall–Kier alpha value is -4.71. The number of aromatic nitrogens is 3. The van der Waals surface area contributed by atoms with Crippen molar-refractivity contribution in [2.45, 2.75) is 33.3 Å². The van der Waals surface area contributed by atoms with Crippen LogP contribution >= 0.6 is 0 Å². The van der Waals surface area contributed by atoms with Crippen LogP contribution in [0.5, 0.6) is 0 Å². The molecule has 0 radical (unpaired) electrons. The number of aryl methyl sites for hydroxylation is 2. The van der Waals surface area contributed by atoms with E-state index in [1.54, 1.807) is 22.9 Å². The molecule has 0 saturated carbocycles. The first kappa shape index (κ1) is 30.3. The maximum atomic E-state index is 16.3. The Morgan fingerprint density at radius 2 is 1.67 bits per heavy atom. The highest BCUT2D eigenvalue weighted by Gasteiger charge is 2.34. The van der Waals surface area contributed by atoms with Gasteiger partial charge in [-0.15, -0.1) is 0 Å². The quantitative estimate of drug-likeness (QED) is 0.334. The first-order chi connectivity index (χ1) is 21.4. The van der Waals surface area contributed by atoms with Gasteiger partial charge in [-0.2, -0.15) is 4.98 Å². The summed E-state index contributed by atoms with van der Waals surface area (Å²) in [5.74, 6) is -0.460. The molecule has 1 amide bonds. The topological polar surface area (TPSA) is 99.1 Å². The molecule has 2 aliphatic heterocycles. The zero-order chi connectivity index (χ0) is 32.0. The molecule has 0 unspecified atom stereocenters. The average Bonchev–Trinajstić information content (AvgIpc) is 3.00. The zero-order valence-electron chi connectivity index (χ0n) is 26.6. The van der Waals surface area contributed by atoms with Gasteiger partial charge >= 0.3 is 6.09 Å². The average molecular weight is 615 g/mol. The fourth-order valence-corrected chi connectivity index (χ4v) is 5.88. The van der Waals surface area contributed by atoms with E-state index >= 15 is 4.39 Å². The number of hydrogen-bond acceptors (Lipinski definition) is 9. The van der Waals surface area contributed by atoms with Crippen molar-refractivity contribution >= 4 is 51.5 Å². The lowest BCUT2D eigenvalue weighted by Crippen LogP contribution is -2.46. The molecule has 4 heterocycles. The number of halogens is 1. The molecule has 45 heavy (non-hydrogen) atoms. The summed E-state index contributed by atoms with van der Waals surface area (Å²) in [5, 5.41) is 3.30. The number of pyridine rings is 1. The summed E-state index contributed by atoms with van der Waals surface area (Å²) in [7, 11) is 3.70. The standard InChI is InChI=1S/C33H39FN8O3/c1-21-8-7-9-25-27(21)42(32(44)45-33(2,3)4)19-18-41(25)28-26(34)24-20-35-31(37-29(24)39(6)30(28)43)36-22-10-12-23(13-11-22)40-16-14-38(5)15-17-40/h7-13,20H,14-19H2,1-6H3,(H,35,36,37). The van der Waals surface area contributed by atoms with E-state index < -0.39 is 23.1 Å². The highest BCUT2D eigenvalue weighted by atomic mass is 19.1. The predicted molar refractivity (Wildman–Crippen MR) is 176 cm³/mol. The number of likely N-dealkylation sites (N-methyl/N-ethyl adjacent to an activating group) is 1. The number of benzene rings is 2. The molecular formula is C33H39FN8O3. The van der Waals surface area contributed by atoms with E-state index in [1.807, 2.05) is 52.0 Å². The molecule has 236 valence electrons. The molecule has 0 aliphatic carbocycles. The van der Waals surface area contributed by atoms with Crippen LogP contribution in [-0.4, -0.2) is 77.4 Å². The Morgan fingerprint density at radius 1 is 0.956 bits per heavy atom. The van der Waals surface area contributed by atoms with Gasteiger partial charge in [-0.3, -0.25) is 14.3 Å². The summed E-state index contributed by atoms with van der Waals surface area (Å²) in [5.41, 5.74) is 2.68. The van der Waals surface area contributed by atoms with E-state index in [0.717, 1.165) is 43.1 Å².